The van der Waals surface area contributed by atoms with Crippen molar-refractivity contribution < 1.29 is 19.5 Å². The Kier molecular flexibility index (Phi) is 8.16. The summed E-state index contributed by atoms with van der Waals surface area (Å²) in [5.74, 6) is 0.121. The monoisotopic (exact) mass is 456 g/mol. The van der Waals surface area contributed by atoms with Crippen LogP contribution in [0.1, 0.15) is 45.5 Å². The van der Waals surface area contributed by atoms with E-state index in [2.05, 4.69) is 15.7 Å². The summed E-state index contributed by atoms with van der Waals surface area (Å²) in [7, 11) is 0. The standard InChI is InChI=1S/C23H32N6O4/c1-15(2)20-22-26-21(17-8-5-4-6-9-17)27-29(22)13-12-28(19(32)14-30)11-7-10-18(31)24-16(3)23(33)25-20/h4-6,8-9,15-16,20,30H,7,10-14H2,1-3H3,(H,24,31)(H,25,33)/t16-,20+/m1/s1. The minimum Gasteiger partial charge on any atom is -0.387 e. The van der Waals surface area contributed by atoms with Crippen LogP contribution in [0.3, 0.4) is 0 Å². The summed E-state index contributed by atoms with van der Waals surface area (Å²) < 4.78 is 1.72. The number of fused-ring (bicyclic) bond motifs is 1. The molecule has 3 amide bonds. The smallest absolute Gasteiger partial charge is 0.248 e. The van der Waals surface area contributed by atoms with E-state index >= 15 is 0 Å². The molecule has 0 saturated heterocycles. The van der Waals surface area contributed by atoms with Crippen molar-refractivity contribution in [2.45, 2.75) is 52.2 Å². The molecule has 10 heteroatoms. The summed E-state index contributed by atoms with van der Waals surface area (Å²) in [6, 6.07) is 8.36. The molecule has 0 bridgehead atoms. The van der Waals surface area contributed by atoms with Crippen LogP contribution in [0.5, 0.6) is 0 Å². The molecule has 3 N–H and O–H groups in total. The zero-order chi connectivity index (χ0) is 24.0. The molecule has 178 valence electrons. The van der Waals surface area contributed by atoms with Crippen molar-refractivity contribution in [1.29, 1.82) is 0 Å². The highest BCUT2D eigenvalue weighted by Gasteiger charge is 2.28. The van der Waals surface area contributed by atoms with Gasteiger partial charge in [0.15, 0.2) is 11.6 Å². The number of benzene rings is 1. The van der Waals surface area contributed by atoms with Gasteiger partial charge in [0, 0.05) is 25.1 Å². The average Bonchev–Trinajstić information content (AvgIpc) is 3.22. The number of hydrogen-bond donors (Lipinski definition) is 3. The fourth-order valence-corrected chi connectivity index (χ4v) is 3.75. The second-order valence-corrected chi connectivity index (χ2v) is 8.54. The quantitative estimate of drug-likeness (QED) is 0.629. The van der Waals surface area contributed by atoms with Crippen molar-refractivity contribution in [3.05, 3.63) is 36.2 Å². The number of carbonyl (C=O) groups is 3. The maximum absolute atomic E-state index is 12.8. The van der Waals surface area contributed by atoms with Gasteiger partial charge in [0.25, 0.3) is 0 Å². The number of rotatable bonds is 3. The molecule has 1 aromatic carbocycles. The van der Waals surface area contributed by atoms with Gasteiger partial charge < -0.3 is 20.6 Å². The molecule has 2 aromatic rings. The highest BCUT2D eigenvalue weighted by molar-refractivity contribution is 5.87. The molecule has 10 nitrogen and oxygen atoms in total. The van der Waals surface area contributed by atoms with Crippen molar-refractivity contribution in [2.75, 3.05) is 19.7 Å². The lowest BCUT2D eigenvalue weighted by Crippen LogP contribution is -2.47. The Morgan fingerprint density at radius 3 is 2.55 bits per heavy atom. The van der Waals surface area contributed by atoms with Crippen LogP contribution < -0.4 is 10.6 Å². The highest BCUT2D eigenvalue weighted by atomic mass is 16.3. The summed E-state index contributed by atoms with van der Waals surface area (Å²) in [5.41, 5.74) is 0.841. The van der Waals surface area contributed by atoms with Gasteiger partial charge in [-0.2, -0.15) is 5.10 Å². The maximum atomic E-state index is 12.8. The number of carbonyl (C=O) groups excluding carboxylic acids is 3. The predicted molar refractivity (Wildman–Crippen MR) is 122 cm³/mol. The second kappa shape index (κ2) is 11.0. The molecule has 3 rings (SSSR count). The first-order chi connectivity index (χ1) is 15.8. The molecule has 0 spiro atoms. The number of aliphatic hydroxyl groups is 1. The topological polar surface area (TPSA) is 129 Å². The van der Waals surface area contributed by atoms with E-state index in [0.29, 0.717) is 37.7 Å². The van der Waals surface area contributed by atoms with E-state index in [-0.39, 0.29) is 24.2 Å². The van der Waals surface area contributed by atoms with E-state index in [1.54, 1.807) is 11.6 Å². The van der Waals surface area contributed by atoms with Gasteiger partial charge >= 0.3 is 0 Å². The lowest BCUT2D eigenvalue weighted by atomic mass is 10.0. The number of nitrogens with one attached hydrogen (secondary N) is 2. The summed E-state index contributed by atoms with van der Waals surface area (Å²) in [6.07, 6.45) is 0.590. The number of nitrogens with zero attached hydrogens (tertiary/aromatic N) is 4. The Morgan fingerprint density at radius 2 is 1.88 bits per heavy atom. The SMILES string of the molecule is CC(C)[C@@H]1NC(=O)[C@@H](C)NC(=O)CCCN(C(=O)CO)CCn2nc(-c3ccccc3)nc21. The zero-order valence-electron chi connectivity index (χ0n) is 19.3. The van der Waals surface area contributed by atoms with Crippen LogP contribution in [0.15, 0.2) is 30.3 Å². The first-order valence-corrected chi connectivity index (χ1v) is 11.3. The lowest BCUT2D eigenvalue weighted by Gasteiger charge is -2.26. The van der Waals surface area contributed by atoms with Crippen molar-refractivity contribution >= 4 is 17.7 Å². The molecule has 2 atom stereocenters. The summed E-state index contributed by atoms with van der Waals surface area (Å²) in [5, 5.41) is 19.8. The fourth-order valence-electron chi connectivity index (χ4n) is 3.75. The van der Waals surface area contributed by atoms with Crippen LogP contribution in [0.2, 0.25) is 0 Å². The molecule has 0 unspecified atom stereocenters. The van der Waals surface area contributed by atoms with Crippen LogP contribution in [0.4, 0.5) is 0 Å². The first-order valence-electron chi connectivity index (χ1n) is 11.3. The number of aliphatic hydroxyl groups excluding tert-OH is 1. The van der Waals surface area contributed by atoms with E-state index in [4.69, 9.17) is 4.98 Å². The average molecular weight is 457 g/mol. The van der Waals surface area contributed by atoms with Crippen molar-refractivity contribution in [3.63, 3.8) is 0 Å². The highest BCUT2D eigenvalue weighted by Crippen LogP contribution is 2.24. The van der Waals surface area contributed by atoms with Crippen molar-refractivity contribution in [2.24, 2.45) is 5.92 Å². The van der Waals surface area contributed by atoms with E-state index in [9.17, 15) is 19.5 Å². The predicted octanol–water partition coefficient (Wildman–Crippen LogP) is 0.878. The largest absolute Gasteiger partial charge is 0.387 e. The van der Waals surface area contributed by atoms with Gasteiger partial charge in [-0.3, -0.25) is 14.4 Å². The van der Waals surface area contributed by atoms with Crippen LogP contribution in [0.25, 0.3) is 11.4 Å². The number of aromatic nitrogens is 3. The lowest BCUT2D eigenvalue weighted by molar-refractivity contribution is -0.135. The number of amides is 3. The van der Waals surface area contributed by atoms with E-state index in [0.717, 1.165) is 5.56 Å². The second-order valence-electron chi connectivity index (χ2n) is 8.54. The number of hydrogen-bond acceptors (Lipinski definition) is 6. The molecule has 33 heavy (non-hydrogen) atoms. The van der Waals surface area contributed by atoms with Gasteiger partial charge in [-0.05, 0) is 19.3 Å². The van der Waals surface area contributed by atoms with Gasteiger partial charge in [0.05, 0.1) is 12.6 Å². The third-order valence-electron chi connectivity index (χ3n) is 5.65. The molecule has 0 radical (unpaired) electrons. The molecular weight excluding hydrogens is 424 g/mol. The molecular formula is C23H32N6O4. The van der Waals surface area contributed by atoms with Gasteiger partial charge in [-0.25, -0.2) is 9.67 Å². The van der Waals surface area contributed by atoms with Gasteiger partial charge in [0.1, 0.15) is 12.6 Å². The minimum absolute atomic E-state index is 0.00786. The Balaban J connectivity index is 2.02. The van der Waals surface area contributed by atoms with Gasteiger partial charge in [-0.15, -0.1) is 0 Å². The Hall–Kier alpha value is -3.27. The Bertz CT molecular complexity index is 975. The molecule has 1 aliphatic rings. The fraction of sp³-hybridized carbons (Fsp3) is 0.522. The van der Waals surface area contributed by atoms with Crippen molar-refractivity contribution in [1.82, 2.24) is 30.3 Å². The molecule has 0 saturated carbocycles. The van der Waals surface area contributed by atoms with Gasteiger partial charge in [-0.1, -0.05) is 44.2 Å². The van der Waals surface area contributed by atoms with Gasteiger partial charge in [0.2, 0.25) is 17.7 Å². The van der Waals surface area contributed by atoms with Crippen molar-refractivity contribution in [3.8, 4) is 11.4 Å². The molecule has 2 heterocycles. The minimum atomic E-state index is -0.721. The molecule has 0 aliphatic carbocycles. The molecule has 1 aliphatic heterocycles. The van der Waals surface area contributed by atoms with E-state index in [1.807, 2.05) is 44.2 Å². The third-order valence-corrected chi connectivity index (χ3v) is 5.65. The summed E-state index contributed by atoms with van der Waals surface area (Å²) in [4.78, 5) is 43.7. The molecule has 1 aromatic heterocycles. The van der Waals surface area contributed by atoms with E-state index < -0.39 is 24.6 Å². The van der Waals surface area contributed by atoms with Crippen LogP contribution >= 0.6 is 0 Å². The maximum Gasteiger partial charge on any atom is 0.248 e. The Labute approximate surface area is 193 Å². The first kappa shape index (κ1) is 24.4. The van der Waals surface area contributed by atoms with E-state index in [1.165, 1.54) is 4.90 Å². The summed E-state index contributed by atoms with van der Waals surface area (Å²) in [6.45, 7) is 5.92. The van der Waals surface area contributed by atoms with Crippen LogP contribution in [-0.4, -0.2) is 68.2 Å². The third kappa shape index (κ3) is 6.16. The Morgan fingerprint density at radius 1 is 1.15 bits per heavy atom. The normalized spacial score (nSPS) is 20.6. The summed E-state index contributed by atoms with van der Waals surface area (Å²) >= 11 is 0. The van der Waals surface area contributed by atoms with Crippen LogP contribution in [-0.2, 0) is 20.9 Å². The van der Waals surface area contributed by atoms with Crippen LogP contribution in [0, 0.1) is 5.92 Å². The molecule has 0 fully saturated rings. The zero-order valence-corrected chi connectivity index (χ0v) is 19.3.